The minimum atomic E-state index is -0.0589. The van der Waals surface area contributed by atoms with Gasteiger partial charge in [0.2, 0.25) is 0 Å². The highest BCUT2D eigenvalue weighted by Crippen LogP contribution is 2.50. The zero-order valence-corrected chi connectivity index (χ0v) is 29.4. The fraction of sp³-hybridized carbons (Fsp3) is 0.0612. The van der Waals surface area contributed by atoms with E-state index in [0.29, 0.717) is 0 Å². The fourth-order valence-electron chi connectivity index (χ4n) is 8.40. The maximum absolute atomic E-state index is 2.36. The predicted octanol–water partition coefficient (Wildman–Crippen LogP) is 14.3. The first-order chi connectivity index (χ1) is 25.1. The summed E-state index contributed by atoms with van der Waals surface area (Å²) in [7, 11) is 0. The van der Waals surface area contributed by atoms with Crippen molar-refractivity contribution in [1.82, 2.24) is 0 Å². The number of para-hydroxylation sites is 2. The minimum Gasteiger partial charge on any atom is -0.310 e. The lowest BCUT2D eigenvalue weighted by molar-refractivity contribution is 0.645. The Morgan fingerprint density at radius 3 is 1.75 bits per heavy atom. The summed E-state index contributed by atoms with van der Waals surface area (Å²) in [5.74, 6) is 0. The second-order valence-corrected chi connectivity index (χ2v) is 15.2. The lowest BCUT2D eigenvalue weighted by atomic mass is 9.68. The second kappa shape index (κ2) is 11.6. The van der Waals surface area contributed by atoms with E-state index in [1.54, 1.807) is 0 Å². The molecule has 0 N–H and O–H groups in total. The molecular weight excluding hydrogens is 635 g/mol. The molecule has 0 spiro atoms. The summed E-state index contributed by atoms with van der Waals surface area (Å²) in [5.41, 5.74) is 13.9. The molecule has 9 aromatic rings. The first kappa shape index (κ1) is 29.9. The summed E-state index contributed by atoms with van der Waals surface area (Å²) in [6.45, 7) is 4.73. The van der Waals surface area contributed by atoms with E-state index in [1.165, 1.54) is 75.5 Å². The zero-order valence-electron chi connectivity index (χ0n) is 28.6. The largest absolute Gasteiger partial charge is 0.310 e. The maximum atomic E-state index is 2.36. The molecule has 10 rings (SSSR count). The molecule has 1 aromatic heterocycles. The van der Waals surface area contributed by atoms with Crippen LogP contribution in [0, 0.1) is 0 Å². The van der Waals surface area contributed by atoms with Crippen LogP contribution < -0.4 is 4.90 Å². The van der Waals surface area contributed by atoms with Crippen LogP contribution in [0.25, 0.3) is 64.3 Å². The number of hydrogen-bond donors (Lipinski definition) is 0. The van der Waals surface area contributed by atoms with Crippen LogP contribution in [0.2, 0.25) is 0 Å². The molecule has 242 valence electrons. The third kappa shape index (κ3) is 4.67. The standard InChI is InChI=1S/C49H35NS/c1-49(2)44-21-10-9-17-39(44)41-29-28-37(40-19-12-22-45(49)47(40)41)32-23-25-33(26-24-32)38-18-11-20-42-43-31-36(27-30-46(43)51-48(38)42)50(34-13-5-3-6-14-34)35-15-7-4-8-16-35/h3-31H,1-2H3. The number of hydrogen-bond acceptors (Lipinski definition) is 2. The molecule has 0 amide bonds. The Morgan fingerprint density at radius 2 is 1.00 bits per heavy atom. The molecule has 0 fully saturated rings. The molecule has 8 aromatic carbocycles. The summed E-state index contributed by atoms with van der Waals surface area (Å²) >= 11 is 1.89. The molecule has 0 saturated heterocycles. The van der Waals surface area contributed by atoms with E-state index < -0.39 is 0 Å². The fourth-order valence-corrected chi connectivity index (χ4v) is 9.61. The average Bonchev–Trinajstić information content (AvgIpc) is 3.56. The van der Waals surface area contributed by atoms with Gasteiger partial charge in [-0.25, -0.2) is 0 Å². The van der Waals surface area contributed by atoms with Crippen LogP contribution in [-0.4, -0.2) is 0 Å². The Hall–Kier alpha value is -5.96. The van der Waals surface area contributed by atoms with Crippen LogP contribution in [-0.2, 0) is 5.41 Å². The Kier molecular flexibility index (Phi) is 6.78. The molecule has 1 heterocycles. The third-order valence-electron chi connectivity index (χ3n) is 10.9. The van der Waals surface area contributed by atoms with Gasteiger partial charge in [0.1, 0.15) is 0 Å². The number of anilines is 3. The van der Waals surface area contributed by atoms with E-state index in [9.17, 15) is 0 Å². The number of nitrogens with zero attached hydrogens (tertiary/aromatic N) is 1. The van der Waals surface area contributed by atoms with Gasteiger partial charge >= 0.3 is 0 Å². The summed E-state index contributed by atoms with van der Waals surface area (Å²) in [6.07, 6.45) is 0. The SMILES string of the molecule is CC1(C)c2ccccc2-c2ccc(-c3ccc(-c4cccc5c4sc4ccc(N(c6ccccc6)c6ccccc6)cc45)cc3)c3cccc1c23. The molecular formula is C49H35NS. The van der Waals surface area contributed by atoms with Crippen LogP contribution in [0.3, 0.4) is 0 Å². The number of benzene rings is 8. The lowest BCUT2D eigenvalue weighted by Gasteiger charge is -2.35. The molecule has 1 aliphatic carbocycles. The minimum absolute atomic E-state index is 0.0589. The first-order valence-electron chi connectivity index (χ1n) is 17.7. The Bertz CT molecular complexity index is 2720. The Morgan fingerprint density at radius 1 is 0.412 bits per heavy atom. The summed E-state index contributed by atoms with van der Waals surface area (Å²) in [5, 5.41) is 5.29. The van der Waals surface area contributed by atoms with Crippen molar-refractivity contribution in [1.29, 1.82) is 0 Å². The summed E-state index contributed by atoms with van der Waals surface area (Å²) in [6, 6.07) is 64.6. The van der Waals surface area contributed by atoms with Crippen LogP contribution in [0.1, 0.15) is 25.0 Å². The van der Waals surface area contributed by atoms with Crippen molar-refractivity contribution in [2.75, 3.05) is 4.90 Å². The van der Waals surface area contributed by atoms with Crippen molar-refractivity contribution < 1.29 is 0 Å². The highest BCUT2D eigenvalue weighted by atomic mass is 32.1. The van der Waals surface area contributed by atoms with Gasteiger partial charge in [-0.1, -0.05) is 147 Å². The van der Waals surface area contributed by atoms with Crippen LogP contribution in [0.4, 0.5) is 17.1 Å². The van der Waals surface area contributed by atoms with E-state index in [4.69, 9.17) is 0 Å². The van der Waals surface area contributed by atoms with Gasteiger partial charge in [-0.05, 0) is 97.7 Å². The Labute approximate surface area is 302 Å². The van der Waals surface area contributed by atoms with E-state index >= 15 is 0 Å². The van der Waals surface area contributed by atoms with Crippen molar-refractivity contribution in [3.05, 3.63) is 187 Å². The molecule has 2 heteroatoms. The van der Waals surface area contributed by atoms with Gasteiger partial charge in [0.25, 0.3) is 0 Å². The van der Waals surface area contributed by atoms with E-state index in [0.717, 1.165) is 17.1 Å². The van der Waals surface area contributed by atoms with Crippen LogP contribution in [0.15, 0.2) is 176 Å². The van der Waals surface area contributed by atoms with E-state index in [1.807, 2.05) is 11.3 Å². The van der Waals surface area contributed by atoms with Gasteiger partial charge in [0.05, 0.1) is 0 Å². The van der Waals surface area contributed by atoms with Crippen molar-refractivity contribution in [2.45, 2.75) is 19.3 Å². The van der Waals surface area contributed by atoms with Gasteiger partial charge in [0.15, 0.2) is 0 Å². The molecule has 1 aliphatic rings. The number of fused-ring (bicyclic) bond motifs is 5. The monoisotopic (exact) mass is 669 g/mol. The molecule has 0 bridgehead atoms. The van der Waals surface area contributed by atoms with Gasteiger partial charge in [0, 0.05) is 42.6 Å². The van der Waals surface area contributed by atoms with E-state index in [2.05, 4.69) is 195 Å². The lowest BCUT2D eigenvalue weighted by Crippen LogP contribution is -2.23. The quantitative estimate of drug-likeness (QED) is 0.176. The van der Waals surface area contributed by atoms with E-state index in [-0.39, 0.29) is 5.41 Å². The highest BCUT2D eigenvalue weighted by Gasteiger charge is 2.33. The van der Waals surface area contributed by atoms with Crippen LogP contribution >= 0.6 is 11.3 Å². The number of thiophene rings is 1. The molecule has 51 heavy (non-hydrogen) atoms. The molecule has 1 nitrogen and oxygen atoms in total. The first-order valence-corrected chi connectivity index (χ1v) is 18.5. The molecule has 0 saturated carbocycles. The topological polar surface area (TPSA) is 3.24 Å². The maximum Gasteiger partial charge on any atom is 0.0468 e. The summed E-state index contributed by atoms with van der Waals surface area (Å²) < 4.78 is 2.62. The highest BCUT2D eigenvalue weighted by molar-refractivity contribution is 7.26. The Balaban J connectivity index is 1.06. The smallest absolute Gasteiger partial charge is 0.0468 e. The van der Waals surface area contributed by atoms with Gasteiger partial charge < -0.3 is 4.90 Å². The molecule has 0 atom stereocenters. The number of rotatable bonds is 5. The zero-order chi connectivity index (χ0) is 34.1. The van der Waals surface area contributed by atoms with Crippen molar-refractivity contribution in [3.8, 4) is 33.4 Å². The average molecular weight is 670 g/mol. The normalized spacial score (nSPS) is 13.1. The van der Waals surface area contributed by atoms with Gasteiger partial charge in [-0.2, -0.15) is 0 Å². The van der Waals surface area contributed by atoms with Crippen molar-refractivity contribution >= 4 is 59.3 Å². The van der Waals surface area contributed by atoms with Crippen LogP contribution in [0.5, 0.6) is 0 Å². The molecule has 0 radical (unpaired) electrons. The molecule has 0 aliphatic heterocycles. The van der Waals surface area contributed by atoms with Gasteiger partial charge in [-0.15, -0.1) is 11.3 Å². The van der Waals surface area contributed by atoms with Gasteiger partial charge in [-0.3, -0.25) is 0 Å². The predicted molar refractivity (Wildman–Crippen MR) is 220 cm³/mol. The summed E-state index contributed by atoms with van der Waals surface area (Å²) in [4.78, 5) is 2.34. The molecule has 0 unspecified atom stereocenters. The van der Waals surface area contributed by atoms with Crippen molar-refractivity contribution in [2.24, 2.45) is 0 Å². The van der Waals surface area contributed by atoms with Crippen molar-refractivity contribution in [3.63, 3.8) is 0 Å². The third-order valence-corrected chi connectivity index (χ3v) is 12.1. The second-order valence-electron chi connectivity index (χ2n) is 14.1.